The summed E-state index contributed by atoms with van der Waals surface area (Å²) < 4.78 is 11.5. The van der Waals surface area contributed by atoms with Crippen LogP contribution in [0.2, 0.25) is 0 Å². The molecular weight excluding hydrogens is 539 g/mol. The predicted molar refractivity (Wildman–Crippen MR) is 146 cm³/mol. The van der Waals surface area contributed by atoms with Gasteiger partial charge in [0.05, 0.1) is 25.5 Å². The molecule has 1 heterocycles. The van der Waals surface area contributed by atoms with E-state index >= 15 is 0 Å². The third-order valence-corrected chi connectivity index (χ3v) is 5.17. The summed E-state index contributed by atoms with van der Waals surface area (Å²) in [4.78, 5) is 8.87. The summed E-state index contributed by atoms with van der Waals surface area (Å²) in [5, 5.41) is 6.66. The van der Waals surface area contributed by atoms with Crippen LogP contribution in [0.25, 0.3) is 11.5 Å². The fourth-order valence-corrected chi connectivity index (χ4v) is 3.40. The van der Waals surface area contributed by atoms with Crippen LogP contribution in [0.3, 0.4) is 0 Å². The molecule has 0 aliphatic heterocycles. The minimum atomic E-state index is 0. The molecular formula is C27H29IN4O2. The van der Waals surface area contributed by atoms with Gasteiger partial charge in [-0.1, -0.05) is 72.8 Å². The molecule has 6 nitrogen and oxygen atoms in total. The number of nitrogens with one attached hydrogen (secondary N) is 2. The molecule has 0 saturated carbocycles. The Bertz CT molecular complexity index is 1160. The Hall–Kier alpha value is -3.17. The molecule has 0 saturated heterocycles. The van der Waals surface area contributed by atoms with Gasteiger partial charge in [-0.15, -0.1) is 24.0 Å². The largest absolute Gasteiger partial charge is 0.444 e. The number of benzene rings is 3. The zero-order valence-corrected chi connectivity index (χ0v) is 21.4. The Labute approximate surface area is 217 Å². The first-order valence-electron chi connectivity index (χ1n) is 10.9. The maximum atomic E-state index is 5.93. The molecule has 2 N–H and O–H groups in total. The van der Waals surface area contributed by atoms with Gasteiger partial charge < -0.3 is 19.8 Å². The second kappa shape index (κ2) is 13.5. The summed E-state index contributed by atoms with van der Waals surface area (Å²) in [6, 6.07) is 28.3. The van der Waals surface area contributed by atoms with E-state index in [1.54, 1.807) is 13.3 Å². The Kier molecular flexibility index (Phi) is 10.1. The van der Waals surface area contributed by atoms with Crippen LogP contribution in [0, 0.1) is 0 Å². The van der Waals surface area contributed by atoms with E-state index in [-0.39, 0.29) is 24.0 Å². The van der Waals surface area contributed by atoms with Crippen LogP contribution in [-0.4, -0.2) is 18.0 Å². The van der Waals surface area contributed by atoms with Crippen LogP contribution in [-0.2, 0) is 31.0 Å². The third kappa shape index (κ3) is 7.43. The van der Waals surface area contributed by atoms with Crippen molar-refractivity contribution in [2.45, 2.75) is 26.3 Å². The van der Waals surface area contributed by atoms with E-state index in [1.165, 1.54) is 11.1 Å². The van der Waals surface area contributed by atoms with E-state index in [9.17, 15) is 0 Å². The maximum absolute atomic E-state index is 5.93. The average molecular weight is 568 g/mol. The lowest BCUT2D eigenvalue weighted by atomic mass is 10.1. The van der Waals surface area contributed by atoms with E-state index in [1.807, 2.05) is 60.7 Å². The number of nitrogens with zero attached hydrogens (tertiary/aromatic N) is 2. The Morgan fingerprint density at radius 2 is 1.47 bits per heavy atom. The molecule has 0 fully saturated rings. The number of halogens is 1. The molecule has 34 heavy (non-hydrogen) atoms. The van der Waals surface area contributed by atoms with Crippen LogP contribution in [0.5, 0.6) is 0 Å². The normalized spacial score (nSPS) is 11.0. The van der Waals surface area contributed by atoms with E-state index in [4.69, 9.17) is 9.15 Å². The van der Waals surface area contributed by atoms with E-state index in [0.29, 0.717) is 38.2 Å². The third-order valence-electron chi connectivity index (χ3n) is 5.17. The molecule has 0 spiro atoms. The Morgan fingerprint density at radius 3 is 2.21 bits per heavy atom. The summed E-state index contributed by atoms with van der Waals surface area (Å²) >= 11 is 0. The second-order valence-electron chi connectivity index (χ2n) is 7.54. The summed E-state index contributed by atoms with van der Waals surface area (Å²) in [6.45, 7) is 2.30. The highest BCUT2D eigenvalue weighted by Crippen LogP contribution is 2.17. The molecule has 0 aliphatic carbocycles. The van der Waals surface area contributed by atoms with Crippen molar-refractivity contribution in [3.8, 4) is 11.5 Å². The van der Waals surface area contributed by atoms with Crippen molar-refractivity contribution in [2.24, 2.45) is 4.99 Å². The van der Waals surface area contributed by atoms with Gasteiger partial charge in [0.15, 0.2) is 5.96 Å². The lowest BCUT2D eigenvalue weighted by Gasteiger charge is -2.14. The summed E-state index contributed by atoms with van der Waals surface area (Å²) in [6.07, 6.45) is 1.67. The quantitative estimate of drug-likeness (QED) is 0.158. The first-order valence-corrected chi connectivity index (χ1v) is 10.9. The molecule has 4 aromatic rings. The highest BCUT2D eigenvalue weighted by molar-refractivity contribution is 14.0. The standard InChI is InChI=1S/C27H28N4O2.HI/c1-28-27(30-17-25-20-33-26(31-25)22-12-6-3-7-13-22)29-16-23-14-8-9-15-24(23)19-32-18-21-10-4-2-5-11-21;/h2-15,20H,16-19H2,1H3,(H2,28,29,30);1H. The van der Waals surface area contributed by atoms with Gasteiger partial charge in [-0.05, 0) is 28.8 Å². The minimum Gasteiger partial charge on any atom is -0.444 e. The van der Waals surface area contributed by atoms with E-state index in [0.717, 1.165) is 16.8 Å². The first-order chi connectivity index (χ1) is 16.3. The van der Waals surface area contributed by atoms with Gasteiger partial charge in [0.1, 0.15) is 6.26 Å². The fraction of sp³-hybridized carbons (Fsp3) is 0.185. The zero-order chi connectivity index (χ0) is 22.7. The topological polar surface area (TPSA) is 71.7 Å². The molecule has 0 atom stereocenters. The molecule has 7 heteroatoms. The highest BCUT2D eigenvalue weighted by atomic mass is 127. The van der Waals surface area contributed by atoms with Crippen molar-refractivity contribution in [3.05, 3.63) is 114 Å². The molecule has 0 amide bonds. The lowest BCUT2D eigenvalue weighted by molar-refractivity contribution is 0.106. The van der Waals surface area contributed by atoms with Gasteiger partial charge in [-0.25, -0.2) is 4.98 Å². The van der Waals surface area contributed by atoms with Crippen LogP contribution >= 0.6 is 24.0 Å². The number of hydrogen-bond donors (Lipinski definition) is 2. The number of aliphatic imine (C=N–C) groups is 1. The van der Waals surface area contributed by atoms with Gasteiger partial charge in [-0.3, -0.25) is 4.99 Å². The molecule has 0 aliphatic rings. The number of ether oxygens (including phenoxy) is 1. The van der Waals surface area contributed by atoms with Crippen LogP contribution in [0.4, 0.5) is 0 Å². The summed E-state index contributed by atoms with van der Waals surface area (Å²) in [5.41, 5.74) is 5.26. The Morgan fingerprint density at radius 1 is 0.824 bits per heavy atom. The number of aromatic nitrogens is 1. The first kappa shape index (κ1) is 25.5. The van der Waals surface area contributed by atoms with Crippen molar-refractivity contribution in [2.75, 3.05) is 7.05 Å². The minimum absolute atomic E-state index is 0. The number of hydrogen-bond acceptors (Lipinski definition) is 4. The lowest BCUT2D eigenvalue weighted by Crippen LogP contribution is -2.36. The molecule has 176 valence electrons. The summed E-state index contributed by atoms with van der Waals surface area (Å²) in [5.74, 6) is 1.30. The Balaban J connectivity index is 0.00000324. The molecule has 3 aromatic carbocycles. The fourth-order valence-electron chi connectivity index (χ4n) is 3.40. The van der Waals surface area contributed by atoms with Crippen molar-refractivity contribution in [3.63, 3.8) is 0 Å². The smallest absolute Gasteiger partial charge is 0.226 e. The molecule has 4 rings (SSSR count). The SMILES string of the molecule is CN=C(NCc1coc(-c2ccccc2)n1)NCc1ccccc1COCc1ccccc1.I. The predicted octanol–water partition coefficient (Wildman–Crippen LogP) is 5.54. The van der Waals surface area contributed by atoms with Gasteiger partial charge in [0, 0.05) is 19.2 Å². The van der Waals surface area contributed by atoms with Crippen LogP contribution in [0.15, 0.2) is 101 Å². The van der Waals surface area contributed by atoms with Crippen molar-refractivity contribution < 1.29 is 9.15 Å². The van der Waals surface area contributed by atoms with Gasteiger partial charge in [0.25, 0.3) is 0 Å². The average Bonchev–Trinajstić information content (AvgIpc) is 3.35. The highest BCUT2D eigenvalue weighted by Gasteiger charge is 2.08. The van der Waals surface area contributed by atoms with Gasteiger partial charge in [0.2, 0.25) is 5.89 Å². The van der Waals surface area contributed by atoms with Crippen LogP contribution in [0.1, 0.15) is 22.4 Å². The number of oxazole rings is 1. The maximum Gasteiger partial charge on any atom is 0.226 e. The molecule has 1 aromatic heterocycles. The summed E-state index contributed by atoms with van der Waals surface area (Å²) in [7, 11) is 1.75. The molecule has 0 unspecified atom stereocenters. The van der Waals surface area contributed by atoms with E-state index < -0.39 is 0 Å². The van der Waals surface area contributed by atoms with Gasteiger partial charge in [-0.2, -0.15) is 0 Å². The van der Waals surface area contributed by atoms with Crippen molar-refractivity contribution in [1.82, 2.24) is 15.6 Å². The van der Waals surface area contributed by atoms with E-state index in [2.05, 4.69) is 44.9 Å². The second-order valence-corrected chi connectivity index (χ2v) is 7.54. The molecule has 0 bridgehead atoms. The number of rotatable bonds is 9. The zero-order valence-electron chi connectivity index (χ0n) is 19.1. The van der Waals surface area contributed by atoms with Crippen molar-refractivity contribution >= 4 is 29.9 Å². The number of guanidine groups is 1. The monoisotopic (exact) mass is 568 g/mol. The molecule has 0 radical (unpaired) electrons. The van der Waals surface area contributed by atoms with Gasteiger partial charge >= 0.3 is 0 Å². The van der Waals surface area contributed by atoms with Crippen LogP contribution < -0.4 is 10.6 Å². The van der Waals surface area contributed by atoms with Crippen molar-refractivity contribution in [1.29, 1.82) is 0 Å².